The highest BCUT2D eigenvalue weighted by Crippen LogP contribution is 2.07. The monoisotopic (exact) mass is 292 g/mol. The van der Waals surface area contributed by atoms with Crippen LogP contribution in [0.5, 0.6) is 0 Å². The Balaban J connectivity index is 3.26. The SMILES string of the molecule is CC/C=C/C/C=C\CC/C=C/CCCCCCC(=O)OC. The number of ether oxygens (including phenoxy) is 1. The summed E-state index contributed by atoms with van der Waals surface area (Å²) in [6.45, 7) is 2.16. The molecule has 0 fully saturated rings. The predicted molar refractivity (Wildman–Crippen MR) is 91.3 cm³/mol. The van der Waals surface area contributed by atoms with Gasteiger partial charge in [0.05, 0.1) is 7.11 Å². The van der Waals surface area contributed by atoms with Gasteiger partial charge in [-0.15, -0.1) is 0 Å². The molecule has 0 aromatic carbocycles. The number of esters is 1. The Morgan fingerprint density at radius 3 is 2.14 bits per heavy atom. The molecule has 0 aliphatic carbocycles. The van der Waals surface area contributed by atoms with Gasteiger partial charge in [0.15, 0.2) is 0 Å². The van der Waals surface area contributed by atoms with Crippen LogP contribution < -0.4 is 0 Å². The van der Waals surface area contributed by atoms with Gasteiger partial charge >= 0.3 is 5.97 Å². The summed E-state index contributed by atoms with van der Waals surface area (Å²) in [6, 6.07) is 0. The summed E-state index contributed by atoms with van der Waals surface area (Å²) in [5.74, 6) is -0.0897. The molecule has 2 nitrogen and oxygen atoms in total. The highest BCUT2D eigenvalue weighted by Gasteiger charge is 1.98. The Labute approximate surface area is 131 Å². The lowest BCUT2D eigenvalue weighted by molar-refractivity contribution is -0.140. The van der Waals surface area contributed by atoms with Crippen molar-refractivity contribution in [2.75, 3.05) is 7.11 Å². The number of unbranched alkanes of at least 4 members (excludes halogenated alkanes) is 5. The van der Waals surface area contributed by atoms with Crippen LogP contribution in [-0.2, 0) is 9.53 Å². The summed E-state index contributed by atoms with van der Waals surface area (Å²) < 4.78 is 4.61. The lowest BCUT2D eigenvalue weighted by Gasteiger charge is -1.99. The number of methoxy groups -OCH3 is 1. The zero-order chi connectivity index (χ0) is 15.6. The van der Waals surface area contributed by atoms with E-state index in [1.54, 1.807) is 0 Å². The quantitative estimate of drug-likeness (QED) is 0.245. The average Bonchev–Trinajstić information content (AvgIpc) is 2.50. The van der Waals surface area contributed by atoms with E-state index in [-0.39, 0.29) is 5.97 Å². The molecule has 0 radical (unpaired) electrons. The third-order valence-electron chi connectivity index (χ3n) is 3.24. The summed E-state index contributed by atoms with van der Waals surface area (Å²) in [4.78, 5) is 10.9. The van der Waals surface area contributed by atoms with Crippen LogP contribution >= 0.6 is 0 Å². The highest BCUT2D eigenvalue weighted by atomic mass is 16.5. The third kappa shape index (κ3) is 16.6. The van der Waals surface area contributed by atoms with Crippen molar-refractivity contribution in [3.05, 3.63) is 36.5 Å². The first-order chi connectivity index (χ1) is 10.3. The van der Waals surface area contributed by atoms with E-state index in [4.69, 9.17) is 0 Å². The number of hydrogen-bond acceptors (Lipinski definition) is 2. The molecular weight excluding hydrogens is 260 g/mol. The van der Waals surface area contributed by atoms with E-state index in [2.05, 4.69) is 48.1 Å². The summed E-state index contributed by atoms with van der Waals surface area (Å²) in [7, 11) is 1.45. The van der Waals surface area contributed by atoms with Crippen LogP contribution in [0.15, 0.2) is 36.5 Å². The van der Waals surface area contributed by atoms with E-state index in [1.807, 2.05) is 0 Å². The predicted octanol–water partition coefficient (Wildman–Crippen LogP) is 5.75. The van der Waals surface area contributed by atoms with E-state index >= 15 is 0 Å². The van der Waals surface area contributed by atoms with Gasteiger partial charge in [-0.3, -0.25) is 4.79 Å². The minimum atomic E-state index is -0.0897. The molecule has 0 aromatic heterocycles. The molecular formula is C19H32O2. The molecule has 0 aliphatic heterocycles. The first-order valence-corrected chi connectivity index (χ1v) is 8.33. The summed E-state index contributed by atoms with van der Waals surface area (Å²) in [5, 5.41) is 0. The van der Waals surface area contributed by atoms with E-state index in [9.17, 15) is 4.79 Å². The fourth-order valence-corrected chi connectivity index (χ4v) is 1.97. The normalized spacial score (nSPS) is 11.9. The minimum absolute atomic E-state index is 0.0897. The summed E-state index contributed by atoms with van der Waals surface area (Å²) in [6.07, 6.45) is 24.1. The van der Waals surface area contributed by atoms with Crippen molar-refractivity contribution in [1.82, 2.24) is 0 Å². The Bertz CT molecular complexity index is 314. The van der Waals surface area contributed by atoms with Crippen molar-refractivity contribution in [2.45, 2.75) is 71.1 Å². The second-order valence-electron chi connectivity index (χ2n) is 5.16. The molecule has 0 N–H and O–H groups in total. The molecule has 2 heteroatoms. The van der Waals surface area contributed by atoms with Gasteiger partial charge in [0.2, 0.25) is 0 Å². The largest absolute Gasteiger partial charge is 0.469 e. The fraction of sp³-hybridized carbons (Fsp3) is 0.632. The average molecular weight is 292 g/mol. The van der Waals surface area contributed by atoms with Gasteiger partial charge in [0.25, 0.3) is 0 Å². The number of carbonyl (C=O) groups is 1. The van der Waals surface area contributed by atoms with Crippen molar-refractivity contribution in [1.29, 1.82) is 0 Å². The molecule has 0 atom stereocenters. The van der Waals surface area contributed by atoms with Gasteiger partial charge in [0.1, 0.15) is 0 Å². The van der Waals surface area contributed by atoms with Crippen LogP contribution in [-0.4, -0.2) is 13.1 Å². The van der Waals surface area contributed by atoms with Crippen LogP contribution in [0.1, 0.15) is 71.1 Å². The van der Waals surface area contributed by atoms with Crippen molar-refractivity contribution < 1.29 is 9.53 Å². The molecule has 0 spiro atoms. The molecule has 0 aromatic rings. The second-order valence-corrected chi connectivity index (χ2v) is 5.16. The molecule has 21 heavy (non-hydrogen) atoms. The first kappa shape index (κ1) is 19.7. The van der Waals surface area contributed by atoms with E-state index in [0.29, 0.717) is 6.42 Å². The van der Waals surface area contributed by atoms with Crippen LogP contribution in [0, 0.1) is 0 Å². The fourth-order valence-electron chi connectivity index (χ4n) is 1.97. The Morgan fingerprint density at radius 1 is 0.810 bits per heavy atom. The lowest BCUT2D eigenvalue weighted by atomic mass is 10.1. The minimum Gasteiger partial charge on any atom is -0.469 e. The van der Waals surface area contributed by atoms with Gasteiger partial charge in [-0.2, -0.15) is 0 Å². The zero-order valence-corrected chi connectivity index (χ0v) is 13.9. The van der Waals surface area contributed by atoms with Crippen molar-refractivity contribution >= 4 is 5.97 Å². The second kappa shape index (κ2) is 16.7. The molecule has 0 rings (SSSR count). The summed E-state index contributed by atoms with van der Waals surface area (Å²) >= 11 is 0. The maximum absolute atomic E-state index is 10.9. The van der Waals surface area contributed by atoms with Crippen molar-refractivity contribution in [3.63, 3.8) is 0 Å². The molecule has 0 amide bonds. The topological polar surface area (TPSA) is 26.3 Å². The maximum Gasteiger partial charge on any atom is 0.305 e. The molecule has 0 heterocycles. The Morgan fingerprint density at radius 2 is 1.43 bits per heavy atom. The van der Waals surface area contributed by atoms with Gasteiger partial charge in [-0.25, -0.2) is 0 Å². The van der Waals surface area contributed by atoms with E-state index in [1.165, 1.54) is 20.0 Å². The highest BCUT2D eigenvalue weighted by molar-refractivity contribution is 5.68. The van der Waals surface area contributed by atoms with Crippen LogP contribution in [0.2, 0.25) is 0 Å². The maximum atomic E-state index is 10.9. The van der Waals surface area contributed by atoms with E-state index < -0.39 is 0 Å². The van der Waals surface area contributed by atoms with Crippen LogP contribution in [0.3, 0.4) is 0 Å². The van der Waals surface area contributed by atoms with Gasteiger partial charge < -0.3 is 4.74 Å². The molecule has 0 saturated carbocycles. The lowest BCUT2D eigenvalue weighted by Crippen LogP contribution is -1.98. The number of carbonyl (C=O) groups excluding carboxylic acids is 1. The standard InChI is InChI=1S/C19H32O2/c1-3-4-5-6-7-8-9-10-11-12-13-14-15-16-17-18-19(20)21-2/h4-5,7-8,11-12H,3,6,9-10,13-18H2,1-2H3/b5-4+,8-7-,12-11+. The first-order valence-electron chi connectivity index (χ1n) is 8.33. The third-order valence-corrected chi connectivity index (χ3v) is 3.24. The molecule has 0 aliphatic rings. The number of hydrogen-bond donors (Lipinski definition) is 0. The van der Waals surface area contributed by atoms with E-state index in [0.717, 1.165) is 44.9 Å². The Kier molecular flexibility index (Phi) is 15.7. The smallest absolute Gasteiger partial charge is 0.305 e. The molecule has 120 valence electrons. The van der Waals surface area contributed by atoms with Gasteiger partial charge in [-0.05, 0) is 44.9 Å². The van der Waals surface area contributed by atoms with Gasteiger partial charge in [0, 0.05) is 6.42 Å². The molecule has 0 bridgehead atoms. The molecule has 0 saturated heterocycles. The molecule has 0 unspecified atom stereocenters. The Hall–Kier alpha value is -1.31. The number of allylic oxidation sites excluding steroid dienone is 6. The summed E-state index contributed by atoms with van der Waals surface area (Å²) in [5.41, 5.74) is 0. The number of rotatable bonds is 13. The van der Waals surface area contributed by atoms with Gasteiger partial charge in [-0.1, -0.05) is 56.2 Å². The van der Waals surface area contributed by atoms with Crippen molar-refractivity contribution in [3.8, 4) is 0 Å². The van der Waals surface area contributed by atoms with Crippen LogP contribution in [0.4, 0.5) is 0 Å². The zero-order valence-electron chi connectivity index (χ0n) is 13.9. The van der Waals surface area contributed by atoms with Crippen molar-refractivity contribution in [2.24, 2.45) is 0 Å². The van der Waals surface area contributed by atoms with Crippen LogP contribution in [0.25, 0.3) is 0 Å².